The SMILES string of the molecule is Cc1c(C(=O)N2CCCC(C(N)=O)C2)nn(-c2ccc(Cl)cc2Cl)c1-c1ccc(Cl)cc1. The van der Waals surface area contributed by atoms with Crippen LogP contribution in [0, 0.1) is 12.8 Å². The molecule has 166 valence electrons. The number of halogens is 3. The molecule has 1 fully saturated rings. The number of nitrogens with zero attached hydrogens (tertiary/aromatic N) is 3. The molecule has 1 saturated heterocycles. The predicted octanol–water partition coefficient (Wildman–Crippen LogP) is 5.15. The van der Waals surface area contributed by atoms with E-state index in [1.165, 1.54) is 0 Å². The van der Waals surface area contributed by atoms with Crippen LogP contribution in [0.5, 0.6) is 0 Å². The zero-order valence-electron chi connectivity index (χ0n) is 17.3. The maximum atomic E-state index is 13.4. The van der Waals surface area contributed by atoms with Gasteiger partial charge in [-0.1, -0.05) is 46.9 Å². The molecule has 0 bridgehead atoms. The van der Waals surface area contributed by atoms with Crippen LogP contribution in [-0.4, -0.2) is 39.6 Å². The molecular weight excluding hydrogens is 471 g/mol. The minimum Gasteiger partial charge on any atom is -0.369 e. The number of hydrogen-bond acceptors (Lipinski definition) is 3. The maximum absolute atomic E-state index is 13.4. The van der Waals surface area contributed by atoms with Gasteiger partial charge in [-0.15, -0.1) is 0 Å². The van der Waals surface area contributed by atoms with Gasteiger partial charge >= 0.3 is 0 Å². The van der Waals surface area contributed by atoms with Crippen LogP contribution in [0.15, 0.2) is 42.5 Å². The van der Waals surface area contributed by atoms with Gasteiger partial charge in [-0.2, -0.15) is 5.10 Å². The summed E-state index contributed by atoms with van der Waals surface area (Å²) in [6, 6.07) is 12.4. The zero-order valence-corrected chi connectivity index (χ0v) is 19.6. The molecule has 0 aliphatic carbocycles. The average Bonchev–Trinajstić information content (AvgIpc) is 3.10. The molecule has 3 aromatic rings. The van der Waals surface area contributed by atoms with E-state index in [-0.39, 0.29) is 17.7 Å². The van der Waals surface area contributed by atoms with Gasteiger partial charge < -0.3 is 10.6 Å². The van der Waals surface area contributed by atoms with Gasteiger partial charge in [-0.3, -0.25) is 9.59 Å². The second kappa shape index (κ2) is 9.14. The molecule has 1 atom stereocenters. The predicted molar refractivity (Wildman–Crippen MR) is 127 cm³/mol. The zero-order chi connectivity index (χ0) is 23.0. The summed E-state index contributed by atoms with van der Waals surface area (Å²) in [5.74, 6) is -0.983. The second-order valence-corrected chi connectivity index (χ2v) is 9.11. The minimum atomic E-state index is -0.389. The lowest BCUT2D eigenvalue weighted by Crippen LogP contribution is -2.44. The monoisotopic (exact) mass is 490 g/mol. The molecule has 2 heterocycles. The van der Waals surface area contributed by atoms with Crippen molar-refractivity contribution in [2.75, 3.05) is 13.1 Å². The minimum absolute atomic E-state index is 0.243. The molecule has 2 amide bonds. The van der Waals surface area contributed by atoms with Crippen LogP contribution >= 0.6 is 34.8 Å². The van der Waals surface area contributed by atoms with E-state index in [1.807, 2.05) is 19.1 Å². The Morgan fingerprint density at radius 1 is 1.06 bits per heavy atom. The van der Waals surface area contributed by atoms with E-state index < -0.39 is 0 Å². The summed E-state index contributed by atoms with van der Waals surface area (Å²) in [6.45, 7) is 2.69. The molecule has 9 heteroatoms. The number of likely N-dealkylation sites (tertiary alicyclic amines) is 1. The summed E-state index contributed by atoms with van der Waals surface area (Å²) in [7, 11) is 0. The number of primary amides is 1. The molecule has 4 rings (SSSR count). The molecule has 32 heavy (non-hydrogen) atoms. The molecule has 1 aromatic heterocycles. The first-order chi connectivity index (χ1) is 15.3. The lowest BCUT2D eigenvalue weighted by molar-refractivity contribution is -0.123. The molecule has 1 unspecified atom stereocenters. The van der Waals surface area contributed by atoms with E-state index in [9.17, 15) is 9.59 Å². The van der Waals surface area contributed by atoms with Crippen LogP contribution in [0.1, 0.15) is 28.9 Å². The van der Waals surface area contributed by atoms with Gasteiger partial charge in [0.25, 0.3) is 5.91 Å². The summed E-state index contributed by atoms with van der Waals surface area (Å²) in [5.41, 5.74) is 8.63. The maximum Gasteiger partial charge on any atom is 0.274 e. The summed E-state index contributed by atoms with van der Waals surface area (Å²) in [6.07, 6.45) is 1.40. The number of nitrogens with two attached hydrogens (primary N) is 1. The Balaban J connectivity index is 1.83. The fourth-order valence-electron chi connectivity index (χ4n) is 4.02. The molecule has 0 saturated carbocycles. The number of piperidine rings is 1. The highest BCUT2D eigenvalue weighted by molar-refractivity contribution is 6.35. The van der Waals surface area contributed by atoms with Gasteiger partial charge in [0.2, 0.25) is 5.91 Å². The second-order valence-electron chi connectivity index (χ2n) is 7.83. The van der Waals surface area contributed by atoms with E-state index in [2.05, 4.69) is 5.10 Å². The highest BCUT2D eigenvalue weighted by Gasteiger charge is 2.31. The first-order valence-corrected chi connectivity index (χ1v) is 11.3. The van der Waals surface area contributed by atoms with Gasteiger partial charge in [0.1, 0.15) is 0 Å². The van der Waals surface area contributed by atoms with Gasteiger partial charge in [-0.05, 0) is 50.1 Å². The van der Waals surface area contributed by atoms with Crippen LogP contribution in [0.25, 0.3) is 16.9 Å². The van der Waals surface area contributed by atoms with Gasteiger partial charge in [-0.25, -0.2) is 4.68 Å². The summed E-state index contributed by atoms with van der Waals surface area (Å²) < 4.78 is 1.65. The lowest BCUT2D eigenvalue weighted by atomic mass is 9.97. The van der Waals surface area contributed by atoms with Gasteiger partial charge in [0.05, 0.1) is 22.3 Å². The molecule has 1 aliphatic heterocycles. The van der Waals surface area contributed by atoms with E-state index in [0.717, 1.165) is 11.3 Å². The lowest BCUT2D eigenvalue weighted by Gasteiger charge is -2.30. The Kier molecular flexibility index (Phi) is 6.47. The molecule has 0 spiro atoms. The van der Waals surface area contributed by atoms with Crippen LogP contribution in [0.2, 0.25) is 15.1 Å². The summed E-state index contributed by atoms with van der Waals surface area (Å²) >= 11 is 18.6. The van der Waals surface area contributed by atoms with Crippen molar-refractivity contribution in [3.8, 4) is 16.9 Å². The van der Waals surface area contributed by atoms with Crippen molar-refractivity contribution in [3.63, 3.8) is 0 Å². The Bertz CT molecular complexity index is 1190. The van der Waals surface area contributed by atoms with Crippen molar-refractivity contribution < 1.29 is 9.59 Å². The Hall–Kier alpha value is -2.54. The van der Waals surface area contributed by atoms with Crippen LogP contribution < -0.4 is 5.73 Å². The van der Waals surface area contributed by atoms with E-state index in [1.54, 1.807) is 39.9 Å². The highest BCUT2D eigenvalue weighted by Crippen LogP contribution is 2.34. The number of aromatic nitrogens is 2. The molecule has 2 N–H and O–H groups in total. The normalized spacial score (nSPS) is 16.2. The Morgan fingerprint density at radius 3 is 2.41 bits per heavy atom. The van der Waals surface area contributed by atoms with Crippen LogP contribution in [0.4, 0.5) is 0 Å². The standard InChI is InChI=1S/C23H21Cl3N4O2/c1-13-20(23(32)29-10-2-3-15(12-29)22(27)31)28-30(19-9-8-17(25)11-18(19)26)21(13)14-4-6-16(24)7-5-14/h4-9,11,15H,2-3,10,12H2,1H3,(H2,27,31). The molecule has 6 nitrogen and oxygen atoms in total. The van der Waals surface area contributed by atoms with Crippen LogP contribution in [0.3, 0.4) is 0 Å². The average molecular weight is 492 g/mol. The number of amides is 2. The Morgan fingerprint density at radius 2 is 1.75 bits per heavy atom. The van der Waals surface area contributed by atoms with Crippen molar-refractivity contribution in [2.45, 2.75) is 19.8 Å². The molecule has 1 aliphatic rings. The van der Waals surface area contributed by atoms with E-state index in [0.29, 0.717) is 57.9 Å². The smallest absolute Gasteiger partial charge is 0.274 e. The van der Waals surface area contributed by atoms with Crippen LogP contribution in [-0.2, 0) is 4.79 Å². The number of hydrogen-bond donors (Lipinski definition) is 1. The largest absolute Gasteiger partial charge is 0.369 e. The third-order valence-corrected chi connectivity index (χ3v) is 6.48. The topological polar surface area (TPSA) is 81.2 Å². The van der Waals surface area contributed by atoms with Crippen molar-refractivity contribution in [3.05, 3.63) is 68.8 Å². The van der Waals surface area contributed by atoms with E-state index >= 15 is 0 Å². The summed E-state index contributed by atoms with van der Waals surface area (Å²) in [5, 5.41) is 6.17. The number of carbonyl (C=O) groups is 2. The quantitative estimate of drug-likeness (QED) is 0.548. The van der Waals surface area contributed by atoms with Crippen molar-refractivity contribution >= 4 is 46.6 Å². The fourth-order valence-corrected chi connectivity index (χ4v) is 4.63. The number of benzene rings is 2. The Labute approximate surface area is 200 Å². The highest BCUT2D eigenvalue weighted by atomic mass is 35.5. The summed E-state index contributed by atoms with van der Waals surface area (Å²) in [4.78, 5) is 26.8. The first kappa shape index (κ1) is 22.6. The van der Waals surface area contributed by atoms with E-state index in [4.69, 9.17) is 40.5 Å². The number of rotatable bonds is 4. The van der Waals surface area contributed by atoms with Crippen molar-refractivity contribution in [2.24, 2.45) is 11.7 Å². The van der Waals surface area contributed by atoms with Gasteiger partial charge in [0, 0.05) is 34.3 Å². The van der Waals surface area contributed by atoms with Crippen molar-refractivity contribution in [1.29, 1.82) is 0 Å². The third kappa shape index (κ3) is 4.35. The van der Waals surface area contributed by atoms with Crippen molar-refractivity contribution in [1.82, 2.24) is 14.7 Å². The fraction of sp³-hybridized carbons (Fsp3) is 0.261. The van der Waals surface area contributed by atoms with Gasteiger partial charge in [0.15, 0.2) is 5.69 Å². The first-order valence-electron chi connectivity index (χ1n) is 10.2. The number of carbonyl (C=O) groups excluding carboxylic acids is 2. The molecular formula is C23H21Cl3N4O2. The molecule has 2 aromatic carbocycles. The molecule has 0 radical (unpaired) electrons. The third-order valence-electron chi connectivity index (χ3n) is 5.69.